The topological polar surface area (TPSA) is 63.3 Å². The highest BCUT2D eigenvalue weighted by atomic mass is 16.2. The minimum Gasteiger partial charge on any atom is -0.400 e. The molecule has 1 rings (SSSR count). The van der Waals surface area contributed by atoms with Gasteiger partial charge in [-0.05, 0) is 17.7 Å². The third-order valence-corrected chi connectivity index (χ3v) is 1.30. The summed E-state index contributed by atoms with van der Waals surface area (Å²) in [5, 5.41) is 7.00. The lowest BCUT2D eigenvalue weighted by atomic mass is 10.1. The van der Waals surface area contributed by atoms with E-state index in [-0.39, 0.29) is 0 Å². The molecule has 0 saturated carbocycles. The highest BCUT2D eigenvalue weighted by Gasteiger charge is 1.88. The van der Waals surface area contributed by atoms with Gasteiger partial charge in [-0.15, -0.1) is 0 Å². The summed E-state index contributed by atoms with van der Waals surface area (Å²) in [4.78, 5) is 10.0. The predicted octanol–water partition coefficient (Wildman–Crippen LogP) is 0.619. The molecule has 0 aromatic heterocycles. The molecule has 0 atom stereocenters. The van der Waals surface area contributed by atoms with Crippen LogP contribution in [0.4, 0.5) is 5.69 Å². The van der Waals surface area contributed by atoms with E-state index in [9.17, 15) is 4.79 Å². The molecule has 0 heterocycles. The smallest absolute Gasteiger partial charge is 0.124 e. The fourth-order valence-electron chi connectivity index (χ4n) is 0.750. The SMILES string of the molecule is CO.Nc1ccc(CC=O)cc1. The number of hydrogen-bond donors (Lipinski definition) is 2. The molecule has 66 valence electrons. The number of carbonyl (C=O) groups is 1. The van der Waals surface area contributed by atoms with Crippen LogP contribution in [-0.2, 0) is 11.2 Å². The first-order chi connectivity index (χ1) is 5.83. The molecule has 0 spiro atoms. The maximum atomic E-state index is 10.0. The standard InChI is InChI=1S/C8H9NO.CH4O/c9-8-3-1-7(2-4-8)5-6-10;1-2/h1-4,6H,5,9H2;2H,1H3. The highest BCUT2D eigenvalue weighted by molar-refractivity contribution is 5.55. The molecule has 0 aliphatic heterocycles. The second-order valence-electron chi connectivity index (χ2n) is 2.11. The average molecular weight is 167 g/mol. The zero-order valence-corrected chi connectivity index (χ0v) is 7.03. The summed E-state index contributed by atoms with van der Waals surface area (Å²) < 4.78 is 0. The highest BCUT2D eigenvalue weighted by Crippen LogP contribution is 2.04. The second kappa shape index (κ2) is 6.37. The predicted molar refractivity (Wildman–Crippen MR) is 48.8 cm³/mol. The van der Waals surface area contributed by atoms with Crippen LogP contribution in [0.15, 0.2) is 24.3 Å². The molecule has 0 saturated heterocycles. The fourth-order valence-corrected chi connectivity index (χ4v) is 0.750. The van der Waals surface area contributed by atoms with Crippen LogP contribution < -0.4 is 5.73 Å². The zero-order valence-electron chi connectivity index (χ0n) is 7.03. The van der Waals surface area contributed by atoms with Gasteiger partial charge in [-0.1, -0.05) is 12.1 Å². The maximum absolute atomic E-state index is 10.0. The summed E-state index contributed by atoms with van der Waals surface area (Å²) in [5.41, 5.74) is 7.17. The van der Waals surface area contributed by atoms with Gasteiger partial charge in [0.1, 0.15) is 6.29 Å². The van der Waals surface area contributed by atoms with E-state index in [2.05, 4.69) is 0 Å². The molecule has 3 N–H and O–H groups in total. The first kappa shape index (κ1) is 10.7. The minimum atomic E-state index is 0.472. The van der Waals surface area contributed by atoms with Crippen LogP contribution in [0.3, 0.4) is 0 Å². The van der Waals surface area contributed by atoms with Crippen molar-refractivity contribution in [2.45, 2.75) is 6.42 Å². The molecule has 0 bridgehead atoms. The van der Waals surface area contributed by atoms with E-state index in [0.29, 0.717) is 6.42 Å². The number of aliphatic hydroxyl groups excluding tert-OH is 1. The van der Waals surface area contributed by atoms with Crippen LogP contribution in [-0.4, -0.2) is 18.5 Å². The van der Waals surface area contributed by atoms with E-state index in [4.69, 9.17) is 10.8 Å². The summed E-state index contributed by atoms with van der Waals surface area (Å²) in [6, 6.07) is 7.28. The molecule has 1 aromatic carbocycles. The Hall–Kier alpha value is -1.35. The first-order valence-corrected chi connectivity index (χ1v) is 3.55. The summed E-state index contributed by atoms with van der Waals surface area (Å²) in [6.07, 6.45) is 1.35. The van der Waals surface area contributed by atoms with E-state index < -0.39 is 0 Å². The van der Waals surface area contributed by atoms with Gasteiger partial charge in [0.15, 0.2) is 0 Å². The van der Waals surface area contributed by atoms with Crippen molar-refractivity contribution in [1.29, 1.82) is 0 Å². The summed E-state index contributed by atoms with van der Waals surface area (Å²) in [6.45, 7) is 0. The van der Waals surface area contributed by atoms with Gasteiger partial charge in [0.25, 0.3) is 0 Å². The Morgan fingerprint density at radius 3 is 2.25 bits per heavy atom. The van der Waals surface area contributed by atoms with Crippen molar-refractivity contribution in [3.05, 3.63) is 29.8 Å². The largest absolute Gasteiger partial charge is 0.400 e. The number of aldehydes is 1. The lowest BCUT2D eigenvalue weighted by Gasteiger charge is -1.94. The van der Waals surface area contributed by atoms with Gasteiger partial charge in [-0.3, -0.25) is 0 Å². The molecule has 3 nitrogen and oxygen atoms in total. The molecule has 3 heteroatoms. The lowest BCUT2D eigenvalue weighted by Crippen LogP contribution is -1.87. The van der Waals surface area contributed by atoms with Crippen LogP contribution >= 0.6 is 0 Å². The molecule has 12 heavy (non-hydrogen) atoms. The molecular formula is C9H13NO2. The van der Waals surface area contributed by atoms with Crippen LogP contribution in [0.25, 0.3) is 0 Å². The van der Waals surface area contributed by atoms with Gasteiger partial charge in [0.05, 0.1) is 0 Å². The molecule has 0 unspecified atom stereocenters. The van der Waals surface area contributed by atoms with E-state index in [1.54, 1.807) is 12.1 Å². The normalized spacial score (nSPS) is 8.17. The minimum absolute atomic E-state index is 0.472. The second-order valence-corrected chi connectivity index (χ2v) is 2.11. The zero-order chi connectivity index (χ0) is 9.40. The van der Waals surface area contributed by atoms with E-state index in [1.165, 1.54) is 0 Å². The van der Waals surface area contributed by atoms with Gasteiger partial charge < -0.3 is 15.6 Å². The van der Waals surface area contributed by atoms with Gasteiger partial charge in [-0.2, -0.15) is 0 Å². The molecule has 1 aromatic rings. The Morgan fingerprint density at radius 2 is 1.83 bits per heavy atom. The fraction of sp³-hybridized carbons (Fsp3) is 0.222. The number of rotatable bonds is 2. The number of carbonyl (C=O) groups excluding carboxylic acids is 1. The Bertz CT molecular complexity index is 218. The average Bonchev–Trinajstić information content (AvgIpc) is 2.13. The van der Waals surface area contributed by atoms with Crippen molar-refractivity contribution in [2.24, 2.45) is 0 Å². The van der Waals surface area contributed by atoms with Crippen molar-refractivity contribution in [3.63, 3.8) is 0 Å². The molecule has 0 aliphatic rings. The van der Waals surface area contributed by atoms with Gasteiger partial charge in [-0.25, -0.2) is 0 Å². The van der Waals surface area contributed by atoms with Crippen LogP contribution in [0, 0.1) is 0 Å². The van der Waals surface area contributed by atoms with Gasteiger partial charge in [0, 0.05) is 19.2 Å². The summed E-state index contributed by atoms with van der Waals surface area (Å²) in [7, 11) is 1.00. The van der Waals surface area contributed by atoms with Crippen molar-refractivity contribution >= 4 is 12.0 Å². The van der Waals surface area contributed by atoms with E-state index in [1.807, 2.05) is 12.1 Å². The molecule has 0 aliphatic carbocycles. The van der Waals surface area contributed by atoms with Crippen molar-refractivity contribution in [2.75, 3.05) is 12.8 Å². The number of benzene rings is 1. The van der Waals surface area contributed by atoms with Crippen molar-refractivity contribution in [1.82, 2.24) is 0 Å². The number of aliphatic hydroxyl groups is 1. The Morgan fingerprint density at radius 1 is 1.33 bits per heavy atom. The number of hydrogen-bond acceptors (Lipinski definition) is 3. The summed E-state index contributed by atoms with van der Waals surface area (Å²) in [5.74, 6) is 0. The number of anilines is 1. The molecule has 0 radical (unpaired) electrons. The van der Waals surface area contributed by atoms with Crippen molar-refractivity contribution in [3.8, 4) is 0 Å². The number of nitrogen functional groups attached to an aromatic ring is 1. The maximum Gasteiger partial charge on any atom is 0.124 e. The Labute approximate surface area is 71.8 Å². The third kappa shape index (κ3) is 3.73. The number of nitrogens with two attached hydrogens (primary N) is 1. The van der Waals surface area contributed by atoms with E-state index >= 15 is 0 Å². The third-order valence-electron chi connectivity index (χ3n) is 1.30. The van der Waals surface area contributed by atoms with E-state index in [0.717, 1.165) is 24.6 Å². The van der Waals surface area contributed by atoms with Crippen molar-refractivity contribution < 1.29 is 9.90 Å². The van der Waals surface area contributed by atoms with Crippen LogP contribution in [0.1, 0.15) is 5.56 Å². The quantitative estimate of drug-likeness (QED) is 0.501. The molecular weight excluding hydrogens is 154 g/mol. The summed E-state index contributed by atoms with van der Waals surface area (Å²) >= 11 is 0. The Balaban J connectivity index is 0.000000561. The van der Waals surface area contributed by atoms with Crippen LogP contribution in [0.2, 0.25) is 0 Å². The van der Waals surface area contributed by atoms with Crippen LogP contribution in [0.5, 0.6) is 0 Å². The van der Waals surface area contributed by atoms with Gasteiger partial charge >= 0.3 is 0 Å². The molecule has 0 amide bonds. The monoisotopic (exact) mass is 167 g/mol. The Kier molecular flexibility index (Phi) is 5.65. The molecule has 0 fully saturated rings. The lowest BCUT2D eigenvalue weighted by molar-refractivity contribution is -0.107. The van der Waals surface area contributed by atoms with Gasteiger partial charge in [0.2, 0.25) is 0 Å². The first-order valence-electron chi connectivity index (χ1n) is 3.55.